The molecule has 0 aliphatic heterocycles. The molecule has 0 aliphatic rings. The highest BCUT2D eigenvalue weighted by Gasteiger charge is 2.10. The van der Waals surface area contributed by atoms with Crippen molar-refractivity contribution in [2.45, 2.75) is 13.5 Å². The first kappa shape index (κ1) is 17.4. The van der Waals surface area contributed by atoms with Gasteiger partial charge in [0.15, 0.2) is 0 Å². The van der Waals surface area contributed by atoms with E-state index >= 15 is 0 Å². The molecule has 3 rings (SSSR count). The molecule has 0 fully saturated rings. The van der Waals surface area contributed by atoms with E-state index in [4.69, 9.17) is 4.74 Å². The highest BCUT2D eigenvalue weighted by Crippen LogP contribution is 2.25. The number of ether oxygens (including phenoxy) is 1. The Labute approximate surface area is 151 Å². The standard InChI is InChI=1S/C20H19N3O3/c1-14-8-9-18(26-2)17(10-14)22-19(24)12-23-13-21-16(11-20(23)25)15-6-4-3-5-7-15/h3-11,13H,12H2,1-2H3,(H,22,24). The van der Waals surface area contributed by atoms with Crippen LogP contribution in [0.2, 0.25) is 0 Å². The van der Waals surface area contributed by atoms with Crippen molar-refractivity contribution in [1.82, 2.24) is 9.55 Å². The van der Waals surface area contributed by atoms with E-state index in [2.05, 4.69) is 10.3 Å². The molecule has 1 heterocycles. The highest BCUT2D eigenvalue weighted by atomic mass is 16.5. The van der Waals surface area contributed by atoms with Gasteiger partial charge in [0.25, 0.3) is 5.56 Å². The van der Waals surface area contributed by atoms with E-state index in [9.17, 15) is 9.59 Å². The van der Waals surface area contributed by atoms with E-state index in [1.807, 2.05) is 49.4 Å². The van der Waals surface area contributed by atoms with Gasteiger partial charge in [-0.3, -0.25) is 14.2 Å². The molecule has 0 saturated heterocycles. The monoisotopic (exact) mass is 349 g/mol. The van der Waals surface area contributed by atoms with Crippen LogP contribution >= 0.6 is 0 Å². The lowest BCUT2D eigenvalue weighted by Crippen LogP contribution is -2.27. The zero-order chi connectivity index (χ0) is 18.5. The third-order valence-corrected chi connectivity index (χ3v) is 3.89. The van der Waals surface area contributed by atoms with Crippen molar-refractivity contribution in [3.63, 3.8) is 0 Å². The van der Waals surface area contributed by atoms with Crippen molar-refractivity contribution in [3.05, 3.63) is 76.8 Å². The summed E-state index contributed by atoms with van der Waals surface area (Å²) in [4.78, 5) is 28.9. The quantitative estimate of drug-likeness (QED) is 0.769. The van der Waals surface area contributed by atoms with Crippen molar-refractivity contribution in [1.29, 1.82) is 0 Å². The Morgan fingerprint density at radius 3 is 2.62 bits per heavy atom. The fourth-order valence-electron chi connectivity index (χ4n) is 2.58. The Hall–Kier alpha value is -3.41. The summed E-state index contributed by atoms with van der Waals surface area (Å²) in [5, 5.41) is 2.77. The molecule has 1 amide bonds. The van der Waals surface area contributed by atoms with Crippen LogP contribution in [-0.2, 0) is 11.3 Å². The summed E-state index contributed by atoms with van der Waals surface area (Å²) in [6, 6.07) is 16.3. The molecule has 1 aromatic heterocycles. The fourth-order valence-corrected chi connectivity index (χ4v) is 2.58. The number of nitrogens with zero attached hydrogens (tertiary/aromatic N) is 2. The smallest absolute Gasteiger partial charge is 0.254 e. The summed E-state index contributed by atoms with van der Waals surface area (Å²) in [5.41, 5.74) is 2.70. The molecule has 0 spiro atoms. The van der Waals surface area contributed by atoms with Crippen LogP contribution in [0.1, 0.15) is 5.56 Å². The van der Waals surface area contributed by atoms with Crippen LogP contribution in [0.5, 0.6) is 5.75 Å². The van der Waals surface area contributed by atoms with Gasteiger partial charge in [-0.05, 0) is 24.6 Å². The SMILES string of the molecule is COc1ccc(C)cc1NC(=O)Cn1cnc(-c2ccccc2)cc1=O. The molecule has 26 heavy (non-hydrogen) atoms. The summed E-state index contributed by atoms with van der Waals surface area (Å²) in [6.07, 6.45) is 1.39. The second-order valence-electron chi connectivity index (χ2n) is 5.86. The second kappa shape index (κ2) is 7.65. The number of aryl methyl sites for hydroxylation is 1. The van der Waals surface area contributed by atoms with Gasteiger partial charge >= 0.3 is 0 Å². The van der Waals surface area contributed by atoms with Crippen LogP contribution < -0.4 is 15.6 Å². The molecule has 1 N–H and O–H groups in total. The molecule has 0 aliphatic carbocycles. The Balaban J connectivity index is 1.76. The minimum absolute atomic E-state index is 0.127. The normalized spacial score (nSPS) is 10.4. The molecule has 3 aromatic rings. The largest absolute Gasteiger partial charge is 0.495 e. The molecule has 0 radical (unpaired) electrons. The Kier molecular flexibility index (Phi) is 5.12. The fraction of sp³-hybridized carbons (Fsp3) is 0.150. The van der Waals surface area contributed by atoms with E-state index in [-0.39, 0.29) is 18.0 Å². The number of hydrogen-bond acceptors (Lipinski definition) is 4. The summed E-state index contributed by atoms with van der Waals surface area (Å²) < 4.78 is 6.51. The van der Waals surface area contributed by atoms with Crippen molar-refractivity contribution in [2.75, 3.05) is 12.4 Å². The predicted molar refractivity (Wildman–Crippen MR) is 100 cm³/mol. The van der Waals surface area contributed by atoms with E-state index in [1.54, 1.807) is 6.07 Å². The highest BCUT2D eigenvalue weighted by molar-refractivity contribution is 5.92. The Bertz CT molecular complexity index is 981. The van der Waals surface area contributed by atoms with Crippen molar-refractivity contribution < 1.29 is 9.53 Å². The lowest BCUT2D eigenvalue weighted by molar-refractivity contribution is -0.116. The zero-order valence-corrected chi connectivity index (χ0v) is 14.6. The van der Waals surface area contributed by atoms with Crippen LogP contribution in [0.15, 0.2) is 65.7 Å². The van der Waals surface area contributed by atoms with Crippen LogP contribution in [0.4, 0.5) is 5.69 Å². The molecule has 0 unspecified atom stereocenters. The number of aromatic nitrogens is 2. The molecular formula is C20H19N3O3. The number of nitrogens with one attached hydrogen (secondary N) is 1. The van der Waals surface area contributed by atoms with Crippen molar-refractivity contribution in [3.8, 4) is 17.0 Å². The molecule has 0 atom stereocenters. The van der Waals surface area contributed by atoms with E-state index in [1.165, 1.54) is 24.1 Å². The minimum atomic E-state index is -0.328. The molecule has 132 valence electrons. The maximum atomic E-state index is 12.3. The van der Waals surface area contributed by atoms with Gasteiger partial charge in [0, 0.05) is 11.6 Å². The first-order valence-corrected chi connectivity index (χ1v) is 8.13. The van der Waals surface area contributed by atoms with Crippen LogP contribution in [0.3, 0.4) is 0 Å². The van der Waals surface area contributed by atoms with Crippen LogP contribution in [0, 0.1) is 6.92 Å². The first-order chi connectivity index (χ1) is 12.6. The topological polar surface area (TPSA) is 73.2 Å². The average molecular weight is 349 g/mol. The number of carbonyl (C=O) groups is 1. The minimum Gasteiger partial charge on any atom is -0.495 e. The van der Waals surface area contributed by atoms with E-state index < -0.39 is 0 Å². The summed E-state index contributed by atoms with van der Waals surface area (Å²) >= 11 is 0. The number of methoxy groups -OCH3 is 1. The van der Waals surface area contributed by atoms with Gasteiger partial charge in [0.1, 0.15) is 12.3 Å². The zero-order valence-electron chi connectivity index (χ0n) is 14.6. The second-order valence-corrected chi connectivity index (χ2v) is 5.86. The van der Waals surface area contributed by atoms with Gasteiger partial charge in [0.2, 0.25) is 5.91 Å². The molecule has 6 heteroatoms. The maximum Gasteiger partial charge on any atom is 0.254 e. The van der Waals surface area contributed by atoms with E-state index in [0.717, 1.165) is 11.1 Å². The third kappa shape index (κ3) is 3.97. The van der Waals surface area contributed by atoms with Gasteiger partial charge in [0.05, 0.1) is 24.8 Å². The molecule has 0 saturated carbocycles. The number of anilines is 1. The maximum absolute atomic E-state index is 12.3. The number of amides is 1. The number of benzene rings is 2. The lowest BCUT2D eigenvalue weighted by atomic mass is 10.1. The van der Waals surface area contributed by atoms with Gasteiger partial charge in [-0.25, -0.2) is 4.98 Å². The Morgan fingerprint density at radius 2 is 1.92 bits per heavy atom. The van der Waals surface area contributed by atoms with Crippen LogP contribution in [-0.4, -0.2) is 22.6 Å². The van der Waals surface area contributed by atoms with Crippen molar-refractivity contribution in [2.24, 2.45) is 0 Å². The molecule has 2 aromatic carbocycles. The molecular weight excluding hydrogens is 330 g/mol. The molecule has 0 bridgehead atoms. The van der Waals surface area contributed by atoms with Gasteiger partial charge in [-0.2, -0.15) is 0 Å². The number of hydrogen-bond donors (Lipinski definition) is 1. The predicted octanol–water partition coefficient (Wildman–Crippen LogP) is 2.87. The Morgan fingerprint density at radius 1 is 1.15 bits per heavy atom. The van der Waals surface area contributed by atoms with Gasteiger partial charge in [-0.15, -0.1) is 0 Å². The summed E-state index contributed by atoms with van der Waals surface area (Å²) in [6.45, 7) is 1.80. The summed E-state index contributed by atoms with van der Waals surface area (Å²) in [7, 11) is 1.54. The number of carbonyl (C=O) groups excluding carboxylic acids is 1. The third-order valence-electron chi connectivity index (χ3n) is 3.89. The molecule has 6 nitrogen and oxygen atoms in total. The van der Waals surface area contributed by atoms with E-state index in [0.29, 0.717) is 17.1 Å². The lowest BCUT2D eigenvalue weighted by Gasteiger charge is -2.12. The first-order valence-electron chi connectivity index (χ1n) is 8.13. The van der Waals surface area contributed by atoms with Crippen molar-refractivity contribution >= 4 is 11.6 Å². The van der Waals surface area contributed by atoms with Gasteiger partial charge in [-0.1, -0.05) is 36.4 Å². The average Bonchev–Trinajstić information content (AvgIpc) is 2.64. The summed E-state index contributed by atoms with van der Waals surface area (Å²) in [5.74, 6) is 0.235. The van der Waals surface area contributed by atoms with Crippen LogP contribution in [0.25, 0.3) is 11.3 Å². The number of rotatable bonds is 5. The van der Waals surface area contributed by atoms with Gasteiger partial charge < -0.3 is 10.1 Å².